The monoisotopic (exact) mass is 492 g/mol. The van der Waals surface area contributed by atoms with Gasteiger partial charge in [0.15, 0.2) is 0 Å². The van der Waals surface area contributed by atoms with Gasteiger partial charge in [-0.1, -0.05) is 36.4 Å². The van der Waals surface area contributed by atoms with E-state index in [-0.39, 0.29) is 18.0 Å². The number of aryl methyl sites for hydroxylation is 2. The second-order valence-corrected chi connectivity index (χ2v) is 8.28. The fourth-order valence-electron chi connectivity index (χ4n) is 3.55. The standard InChI is InChI=1S/C29H36N2O5/c1-5-11-27(32)35-19-9-15-23-13-7-17-25(21-23)30(3)29(34)31(4)26-18-8-14-24(22-26)16-10-20-36-28(33)12-6-2/h5-8,11-14,17-18,21-22H,9-10,15-16,19-20H2,1-4H3/b11-5+,12-6+. The van der Waals surface area contributed by atoms with Gasteiger partial charge in [0.25, 0.3) is 0 Å². The normalized spacial score (nSPS) is 11.0. The number of carbonyl (C=O) groups is 3. The molecule has 2 amide bonds. The minimum Gasteiger partial charge on any atom is -0.463 e. The predicted octanol–water partition coefficient (Wildman–Crippen LogP) is 5.48. The highest BCUT2D eigenvalue weighted by Gasteiger charge is 2.18. The maximum absolute atomic E-state index is 13.2. The number of anilines is 2. The van der Waals surface area contributed by atoms with Gasteiger partial charge >= 0.3 is 18.0 Å². The number of carbonyl (C=O) groups excluding carboxylic acids is 3. The number of rotatable bonds is 12. The minimum atomic E-state index is -0.337. The third-order valence-corrected chi connectivity index (χ3v) is 5.48. The SMILES string of the molecule is C/C=C/C(=O)OCCCc1cccc(N(C)C(=O)N(C)c2cccc(CCCOC(=O)/C=C/C)c2)c1. The van der Waals surface area contributed by atoms with E-state index < -0.39 is 0 Å². The smallest absolute Gasteiger partial charge is 0.330 e. The van der Waals surface area contributed by atoms with Crippen molar-refractivity contribution >= 4 is 29.3 Å². The Bertz CT molecular complexity index is 993. The summed E-state index contributed by atoms with van der Waals surface area (Å²) in [7, 11) is 3.50. The van der Waals surface area contributed by atoms with E-state index in [0.29, 0.717) is 26.1 Å². The Morgan fingerprint density at radius 3 is 1.53 bits per heavy atom. The first-order valence-electron chi connectivity index (χ1n) is 12.1. The molecule has 0 aromatic heterocycles. The molecule has 2 aromatic carbocycles. The molecule has 0 bridgehead atoms. The van der Waals surface area contributed by atoms with Crippen LogP contribution in [0.25, 0.3) is 0 Å². The number of urea groups is 1. The summed E-state index contributed by atoms with van der Waals surface area (Å²) in [5.74, 6) is -0.673. The van der Waals surface area contributed by atoms with Crippen molar-refractivity contribution in [2.24, 2.45) is 0 Å². The summed E-state index contributed by atoms with van der Waals surface area (Å²) in [6, 6.07) is 15.4. The molecule has 0 aliphatic carbocycles. The first-order chi connectivity index (χ1) is 17.3. The molecule has 0 spiro atoms. The second-order valence-electron chi connectivity index (χ2n) is 8.28. The van der Waals surface area contributed by atoms with E-state index in [2.05, 4.69) is 0 Å². The molecule has 0 N–H and O–H groups in total. The summed E-state index contributed by atoms with van der Waals surface area (Å²) in [5, 5.41) is 0. The van der Waals surface area contributed by atoms with Crippen LogP contribution >= 0.6 is 0 Å². The summed E-state index contributed by atoms with van der Waals surface area (Å²) < 4.78 is 10.3. The number of ether oxygens (including phenoxy) is 2. The van der Waals surface area contributed by atoms with Crippen LogP contribution in [0.1, 0.15) is 37.8 Å². The number of hydrogen-bond donors (Lipinski definition) is 0. The maximum atomic E-state index is 13.2. The first kappa shape index (κ1) is 28.4. The highest BCUT2D eigenvalue weighted by atomic mass is 16.5. The molecule has 192 valence electrons. The Kier molecular flexibility index (Phi) is 12.0. The van der Waals surface area contributed by atoms with Crippen molar-refractivity contribution in [1.29, 1.82) is 0 Å². The van der Waals surface area contributed by atoms with Gasteiger partial charge in [-0.2, -0.15) is 0 Å². The van der Waals surface area contributed by atoms with Gasteiger partial charge < -0.3 is 9.47 Å². The van der Waals surface area contributed by atoms with Crippen LogP contribution in [0.5, 0.6) is 0 Å². The number of nitrogens with zero attached hydrogens (tertiary/aromatic N) is 2. The molecule has 0 unspecified atom stereocenters. The van der Waals surface area contributed by atoms with E-state index in [9.17, 15) is 14.4 Å². The van der Waals surface area contributed by atoms with Gasteiger partial charge in [0, 0.05) is 37.6 Å². The van der Waals surface area contributed by atoms with Gasteiger partial charge in [-0.15, -0.1) is 0 Å². The summed E-state index contributed by atoms with van der Waals surface area (Å²) in [4.78, 5) is 39.2. The fourth-order valence-corrected chi connectivity index (χ4v) is 3.55. The third-order valence-electron chi connectivity index (χ3n) is 5.48. The van der Waals surface area contributed by atoms with E-state index in [1.165, 1.54) is 12.2 Å². The molecular formula is C29H36N2O5. The van der Waals surface area contributed by atoms with E-state index in [1.807, 2.05) is 48.5 Å². The van der Waals surface area contributed by atoms with Gasteiger partial charge in [-0.05, 0) is 74.9 Å². The quantitative estimate of drug-likeness (QED) is 0.223. The average molecular weight is 493 g/mol. The fraction of sp³-hybridized carbons (Fsp3) is 0.345. The number of hydrogen-bond acceptors (Lipinski definition) is 5. The lowest BCUT2D eigenvalue weighted by molar-refractivity contribution is -0.138. The van der Waals surface area contributed by atoms with E-state index in [1.54, 1.807) is 49.9 Å². The second kappa shape index (κ2) is 15.2. The number of amides is 2. The van der Waals surface area contributed by atoms with Crippen LogP contribution in [0.15, 0.2) is 72.8 Å². The molecule has 36 heavy (non-hydrogen) atoms. The Balaban J connectivity index is 1.93. The molecule has 0 aliphatic heterocycles. The largest absolute Gasteiger partial charge is 0.463 e. The number of esters is 2. The zero-order valence-electron chi connectivity index (χ0n) is 21.6. The van der Waals surface area contributed by atoms with Crippen molar-refractivity contribution < 1.29 is 23.9 Å². The summed E-state index contributed by atoms with van der Waals surface area (Å²) in [5.41, 5.74) is 3.70. The Hall–Kier alpha value is -3.87. The van der Waals surface area contributed by atoms with Crippen LogP contribution in [0, 0.1) is 0 Å². The molecular weight excluding hydrogens is 456 g/mol. The Labute approximate surface area is 214 Å². The zero-order valence-corrected chi connectivity index (χ0v) is 21.6. The van der Waals surface area contributed by atoms with Crippen molar-refractivity contribution in [3.05, 3.63) is 84.0 Å². The molecule has 0 heterocycles. The molecule has 0 fully saturated rings. The molecule has 0 saturated heterocycles. The van der Waals surface area contributed by atoms with Crippen LogP contribution in [-0.4, -0.2) is 45.3 Å². The van der Waals surface area contributed by atoms with Crippen LogP contribution in [-0.2, 0) is 31.9 Å². The molecule has 2 rings (SSSR count). The number of benzene rings is 2. The van der Waals surface area contributed by atoms with Gasteiger partial charge in [-0.25, -0.2) is 14.4 Å². The van der Waals surface area contributed by atoms with Crippen molar-refractivity contribution in [3.63, 3.8) is 0 Å². The first-order valence-corrected chi connectivity index (χ1v) is 12.1. The van der Waals surface area contributed by atoms with Gasteiger partial charge in [-0.3, -0.25) is 9.80 Å². The van der Waals surface area contributed by atoms with E-state index in [0.717, 1.165) is 35.3 Å². The Morgan fingerprint density at radius 2 is 1.14 bits per heavy atom. The minimum absolute atomic E-state index is 0.162. The molecule has 0 atom stereocenters. The molecule has 7 nitrogen and oxygen atoms in total. The maximum Gasteiger partial charge on any atom is 0.330 e. The van der Waals surface area contributed by atoms with Gasteiger partial charge in [0.05, 0.1) is 13.2 Å². The van der Waals surface area contributed by atoms with Gasteiger partial charge in [0.1, 0.15) is 0 Å². The average Bonchev–Trinajstić information content (AvgIpc) is 2.88. The number of allylic oxidation sites excluding steroid dienone is 2. The molecule has 0 radical (unpaired) electrons. The lowest BCUT2D eigenvalue weighted by Crippen LogP contribution is -2.39. The van der Waals surface area contributed by atoms with E-state index >= 15 is 0 Å². The summed E-state index contributed by atoms with van der Waals surface area (Å²) in [6.45, 7) is 4.23. The zero-order chi connectivity index (χ0) is 26.3. The van der Waals surface area contributed by atoms with Gasteiger partial charge in [0.2, 0.25) is 0 Å². The molecule has 0 saturated carbocycles. The van der Waals surface area contributed by atoms with Crippen LogP contribution in [0.2, 0.25) is 0 Å². The molecule has 7 heteroatoms. The molecule has 2 aromatic rings. The third kappa shape index (κ3) is 9.41. The van der Waals surface area contributed by atoms with Crippen molar-refractivity contribution in [3.8, 4) is 0 Å². The topological polar surface area (TPSA) is 76.2 Å². The highest BCUT2D eigenvalue weighted by Crippen LogP contribution is 2.21. The van der Waals surface area contributed by atoms with E-state index in [4.69, 9.17) is 9.47 Å². The Morgan fingerprint density at radius 1 is 0.722 bits per heavy atom. The van der Waals surface area contributed by atoms with Crippen molar-refractivity contribution in [1.82, 2.24) is 0 Å². The van der Waals surface area contributed by atoms with Crippen molar-refractivity contribution in [2.75, 3.05) is 37.1 Å². The lowest BCUT2D eigenvalue weighted by Gasteiger charge is -2.26. The van der Waals surface area contributed by atoms with Crippen molar-refractivity contribution in [2.45, 2.75) is 39.5 Å². The van der Waals surface area contributed by atoms with Crippen LogP contribution in [0.4, 0.5) is 16.2 Å². The van der Waals surface area contributed by atoms with Crippen LogP contribution in [0.3, 0.4) is 0 Å². The predicted molar refractivity (Wildman–Crippen MR) is 143 cm³/mol. The summed E-state index contributed by atoms with van der Waals surface area (Å²) in [6.07, 6.45) is 8.97. The molecule has 0 aliphatic rings. The lowest BCUT2D eigenvalue weighted by atomic mass is 10.1. The van der Waals surface area contributed by atoms with Crippen LogP contribution < -0.4 is 9.80 Å². The highest BCUT2D eigenvalue weighted by molar-refractivity contribution is 6.02. The summed E-state index contributed by atoms with van der Waals surface area (Å²) >= 11 is 0.